The molecule has 0 radical (unpaired) electrons. The van der Waals surface area contributed by atoms with E-state index < -0.39 is 23.5 Å². The molecule has 27 heavy (non-hydrogen) atoms. The van der Waals surface area contributed by atoms with Crippen LogP contribution in [0.25, 0.3) is 5.76 Å². The molecule has 1 N–H and O–H groups in total. The van der Waals surface area contributed by atoms with E-state index in [0.29, 0.717) is 5.56 Å². The van der Waals surface area contributed by atoms with E-state index in [0.717, 1.165) is 5.56 Å². The number of carbonyl (C=O) groups excluding carboxylic acids is 2. The van der Waals surface area contributed by atoms with Crippen LogP contribution in [0.5, 0.6) is 0 Å². The van der Waals surface area contributed by atoms with Crippen LogP contribution in [-0.2, 0) is 14.3 Å². The molecule has 3 rings (SSSR count). The van der Waals surface area contributed by atoms with Crippen LogP contribution >= 0.6 is 0 Å². The molecule has 0 saturated carbocycles. The predicted molar refractivity (Wildman–Crippen MR) is 98.5 cm³/mol. The first-order chi connectivity index (χ1) is 13.0. The second kappa shape index (κ2) is 7.72. The number of methoxy groups -OCH3 is 1. The molecule has 6 heteroatoms. The highest BCUT2D eigenvalue weighted by molar-refractivity contribution is 6.46. The van der Waals surface area contributed by atoms with Crippen molar-refractivity contribution in [3.8, 4) is 0 Å². The predicted octanol–water partition coefficient (Wildman–Crippen LogP) is 3.20. The fourth-order valence-electron chi connectivity index (χ4n) is 3.19. The maximum Gasteiger partial charge on any atom is 0.295 e. The van der Waals surface area contributed by atoms with E-state index in [1.54, 1.807) is 30.3 Å². The fourth-order valence-corrected chi connectivity index (χ4v) is 3.19. The molecule has 1 amide bonds. The van der Waals surface area contributed by atoms with Gasteiger partial charge in [0.25, 0.3) is 11.7 Å². The number of aryl methyl sites for hydroxylation is 1. The van der Waals surface area contributed by atoms with E-state index in [-0.39, 0.29) is 30.0 Å². The maximum atomic E-state index is 14.5. The van der Waals surface area contributed by atoms with Gasteiger partial charge in [0, 0.05) is 24.8 Å². The van der Waals surface area contributed by atoms with Crippen LogP contribution in [0.1, 0.15) is 22.7 Å². The Morgan fingerprint density at radius 1 is 1.15 bits per heavy atom. The number of nitrogens with zero attached hydrogens (tertiary/aromatic N) is 1. The highest BCUT2D eigenvalue weighted by atomic mass is 19.1. The average Bonchev–Trinajstić information content (AvgIpc) is 2.91. The standard InChI is InChI=1S/C21H20FNO4/c1-13-7-9-14(10-8-13)19(24)17-18(15-5-3-4-6-16(15)22)23(11-12-27-2)21(26)20(17)25/h3-10,18,24H,11-12H2,1-2H3/t18-/m1/s1. The average molecular weight is 369 g/mol. The lowest BCUT2D eigenvalue weighted by Gasteiger charge is -2.25. The number of aliphatic hydroxyl groups is 1. The van der Waals surface area contributed by atoms with Gasteiger partial charge >= 0.3 is 0 Å². The van der Waals surface area contributed by atoms with Crippen LogP contribution in [0, 0.1) is 12.7 Å². The van der Waals surface area contributed by atoms with Gasteiger partial charge in [0.1, 0.15) is 11.6 Å². The Hall–Kier alpha value is -2.99. The number of hydrogen-bond acceptors (Lipinski definition) is 4. The SMILES string of the molecule is COCCN1C(=O)C(=O)C(=C(O)c2ccc(C)cc2)[C@H]1c1ccccc1F. The smallest absolute Gasteiger partial charge is 0.295 e. The molecule has 0 aliphatic carbocycles. The number of rotatable bonds is 5. The first-order valence-electron chi connectivity index (χ1n) is 8.54. The number of Topliss-reactive ketones (excluding diaryl/α,β-unsaturated/α-hetero) is 1. The summed E-state index contributed by atoms with van der Waals surface area (Å²) in [7, 11) is 1.47. The Labute approximate surface area is 156 Å². The molecule has 0 aromatic heterocycles. The quantitative estimate of drug-likeness (QED) is 0.499. The highest BCUT2D eigenvalue weighted by Crippen LogP contribution is 2.40. The van der Waals surface area contributed by atoms with E-state index in [1.165, 1.54) is 30.2 Å². The Morgan fingerprint density at radius 3 is 2.44 bits per heavy atom. The normalized spacial score (nSPS) is 18.9. The second-order valence-corrected chi connectivity index (χ2v) is 6.37. The Balaban J connectivity index is 2.18. The van der Waals surface area contributed by atoms with Gasteiger partial charge in [-0.3, -0.25) is 9.59 Å². The van der Waals surface area contributed by atoms with E-state index in [1.807, 2.05) is 6.92 Å². The molecule has 2 aromatic carbocycles. The van der Waals surface area contributed by atoms with Gasteiger partial charge in [-0.2, -0.15) is 0 Å². The lowest BCUT2D eigenvalue weighted by atomic mass is 9.94. The molecular weight excluding hydrogens is 349 g/mol. The van der Waals surface area contributed by atoms with E-state index in [4.69, 9.17) is 4.74 Å². The third-order valence-corrected chi connectivity index (χ3v) is 4.60. The minimum Gasteiger partial charge on any atom is -0.507 e. The second-order valence-electron chi connectivity index (χ2n) is 6.37. The summed E-state index contributed by atoms with van der Waals surface area (Å²) in [5.74, 6) is -2.49. The molecule has 1 heterocycles. The summed E-state index contributed by atoms with van der Waals surface area (Å²) in [5, 5.41) is 10.8. The zero-order chi connectivity index (χ0) is 19.6. The first kappa shape index (κ1) is 18.8. The number of benzene rings is 2. The van der Waals surface area contributed by atoms with Crippen molar-refractivity contribution in [1.82, 2.24) is 4.90 Å². The topological polar surface area (TPSA) is 66.8 Å². The number of hydrogen-bond donors (Lipinski definition) is 1. The van der Waals surface area contributed by atoms with Gasteiger partial charge in [-0.15, -0.1) is 0 Å². The molecule has 2 aromatic rings. The van der Waals surface area contributed by atoms with Crippen LogP contribution in [0.3, 0.4) is 0 Å². The molecule has 0 spiro atoms. The fraction of sp³-hybridized carbons (Fsp3) is 0.238. The zero-order valence-corrected chi connectivity index (χ0v) is 15.1. The van der Waals surface area contributed by atoms with Gasteiger partial charge in [0.15, 0.2) is 0 Å². The van der Waals surface area contributed by atoms with Gasteiger partial charge in [-0.05, 0) is 13.0 Å². The van der Waals surface area contributed by atoms with Gasteiger partial charge < -0.3 is 14.7 Å². The van der Waals surface area contributed by atoms with Crippen molar-refractivity contribution >= 4 is 17.4 Å². The number of carbonyl (C=O) groups is 2. The summed E-state index contributed by atoms with van der Waals surface area (Å²) in [5.41, 5.74) is 1.41. The summed E-state index contributed by atoms with van der Waals surface area (Å²) in [4.78, 5) is 26.5. The lowest BCUT2D eigenvalue weighted by molar-refractivity contribution is -0.140. The molecule has 0 bridgehead atoms. The van der Waals surface area contributed by atoms with Gasteiger partial charge in [0.2, 0.25) is 0 Å². The Bertz CT molecular complexity index is 905. The number of ether oxygens (including phenoxy) is 1. The highest BCUT2D eigenvalue weighted by Gasteiger charge is 2.46. The molecular formula is C21H20FNO4. The Kier molecular flexibility index (Phi) is 5.37. The van der Waals surface area contributed by atoms with E-state index in [9.17, 15) is 19.1 Å². The van der Waals surface area contributed by atoms with Crippen LogP contribution in [0.2, 0.25) is 0 Å². The van der Waals surface area contributed by atoms with Crippen LogP contribution in [-0.4, -0.2) is 42.0 Å². The number of likely N-dealkylation sites (tertiary alicyclic amines) is 1. The zero-order valence-electron chi connectivity index (χ0n) is 15.1. The van der Waals surface area contributed by atoms with Crippen molar-refractivity contribution in [2.75, 3.05) is 20.3 Å². The molecule has 1 aliphatic heterocycles. The minimum absolute atomic E-state index is 0.102. The van der Waals surface area contributed by atoms with Crippen molar-refractivity contribution in [3.05, 3.63) is 76.6 Å². The first-order valence-corrected chi connectivity index (χ1v) is 8.54. The largest absolute Gasteiger partial charge is 0.507 e. The van der Waals surface area contributed by atoms with E-state index >= 15 is 0 Å². The molecule has 5 nitrogen and oxygen atoms in total. The van der Waals surface area contributed by atoms with Crippen molar-refractivity contribution in [3.63, 3.8) is 0 Å². The minimum atomic E-state index is -1.01. The van der Waals surface area contributed by atoms with Gasteiger partial charge in [-0.1, -0.05) is 48.0 Å². The third-order valence-electron chi connectivity index (χ3n) is 4.60. The lowest BCUT2D eigenvalue weighted by Crippen LogP contribution is -2.33. The molecule has 1 fully saturated rings. The maximum absolute atomic E-state index is 14.5. The van der Waals surface area contributed by atoms with Crippen LogP contribution in [0.15, 0.2) is 54.1 Å². The third kappa shape index (κ3) is 3.48. The summed E-state index contributed by atoms with van der Waals surface area (Å²) in [6, 6.07) is 11.8. The van der Waals surface area contributed by atoms with Gasteiger partial charge in [0.05, 0.1) is 18.2 Å². The van der Waals surface area contributed by atoms with Gasteiger partial charge in [-0.25, -0.2) is 4.39 Å². The van der Waals surface area contributed by atoms with Crippen molar-refractivity contribution in [1.29, 1.82) is 0 Å². The Morgan fingerprint density at radius 2 is 1.81 bits per heavy atom. The number of halogens is 1. The number of aliphatic hydroxyl groups excluding tert-OH is 1. The molecule has 0 unspecified atom stereocenters. The molecule has 140 valence electrons. The van der Waals surface area contributed by atoms with Crippen LogP contribution < -0.4 is 0 Å². The molecule has 1 atom stereocenters. The van der Waals surface area contributed by atoms with Crippen molar-refractivity contribution in [2.45, 2.75) is 13.0 Å². The monoisotopic (exact) mass is 369 g/mol. The molecule has 1 saturated heterocycles. The molecule has 1 aliphatic rings. The van der Waals surface area contributed by atoms with Crippen molar-refractivity contribution in [2.24, 2.45) is 0 Å². The van der Waals surface area contributed by atoms with Crippen LogP contribution in [0.4, 0.5) is 4.39 Å². The summed E-state index contributed by atoms with van der Waals surface area (Å²) in [6.07, 6.45) is 0. The summed E-state index contributed by atoms with van der Waals surface area (Å²) >= 11 is 0. The number of amides is 1. The number of ketones is 1. The van der Waals surface area contributed by atoms with E-state index in [2.05, 4.69) is 0 Å². The summed E-state index contributed by atoms with van der Waals surface area (Å²) < 4.78 is 19.5. The summed E-state index contributed by atoms with van der Waals surface area (Å²) in [6.45, 7) is 2.18. The van der Waals surface area contributed by atoms with Crippen molar-refractivity contribution < 1.29 is 23.8 Å².